The van der Waals surface area contributed by atoms with Crippen LogP contribution < -0.4 is 34.3 Å². The van der Waals surface area contributed by atoms with Gasteiger partial charge in [0.1, 0.15) is 14.5 Å². The molecule has 4 nitrogen and oxygen atoms in total. The molecule has 0 saturated heterocycles. The Morgan fingerprint density at radius 3 is 2.46 bits per heavy atom. The van der Waals surface area contributed by atoms with Crippen molar-refractivity contribution in [3.05, 3.63) is 38.0 Å². The van der Waals surface area contributed by atoms with Crippen molar-refractivity contribution in [3.63, 3.8) is 0 Å². The van der Waals surface area contributed by atoms with Gasteiger partial charge in [0.15, 0.2) is 0 Å². The van der Waals surface area contributed by atoms with Crippen molar-refractivity contribution in [2.75, 3.05) is 7.11 Å². The van der Waals surface area contributed by atoms with Crippen LogP contribution in [0.2, 0.25) is 0 Å². The quantitative estimate of drug-likeness (QED) is 0.179. The second kappa shape index (κ2) is 12.8. The van der Waals surface area contributed by atoms with Crippen LogP contribution in [0.5, 0.6) is 5.75 Å². The number of benzene rings is 1. The van der Waals surface area contributed by atoms with Crippen LogP contribution in [0.1, 0.15) is 62.9 Å². The van der Waals surface area contributed by atoms with E-state index in [-0.39, 0.29) is 41.6 Å². The van der Waals surface area contributed by atoms with Gasteiger partial charge in [0.2, 0.25) is 0 Å². The van der Waals surface area contributed by atoms with Crippen molar-refractivity contribution >= 4 is 43.0 Å². The minimum atomic E-state index is -4.34. The molecule has 1 heterocycles. The molecule has 28 heavy (non-hydrogen) atoms. The number of hydrogen-bond acceptors (Lipinski definition) is 6. The molecule has 0 unspecified atom stereocenters. The Morgan fingerprint density at radius 2 is 1.82 bits per heavy atom. The third-order valence-electron chi connectivity index (χ3n) is 4.45. The van der Waals surface area contributed by atoms with Crippen molar-refractivity contribution in [2.24, 2.45) is 0 Å². The molecule has 1 aromatic heterocycles. The van der Waals surface area contributed by atoms with Crippen LogP contribution in [0.15, 0.2) is 23.1 Å². The second-order valence-electron chi connectivity index (χ2n) is 6.51. The Kier molecular flexibility index (Phi) is 12.0. The number of unbranched alkanes of at least 4 members (excludes halogenated alkanes) is 5. The number of ether oxygens (including phenoxy) is 1. The van der Waals surface area contributed by atoms with E-state index in [2.05, 4.69) is 6.92 Å². The summed E-state index contributed by atoms with van der Waals surface area (Å²) in [7, 11) is 0.371. The van der Waals surface area contributed by atoms with Crippen LogP contribution in [0.25, 0.3) is 0 Å². The Labute approximate surface area is 204 Å². The standard InChI is InChI=1S/C19H26O4S4.Na.H/c1-3-4-5-6-7-8-9-17-15(19(24)26-25-17)12-14-10-11-16(23-2)18(13-14)27(20,21)22;;/h10-11,13H,3-9,12H2,1-2H3,(H,20,21,22);;/q;+1;-1. The van der Waals surface area contributed by atoms with Crippen molar-refractivity contribution in [1.29, 1.82) is 0 Å². The van der Waals surface area contributed by atoms with Gasteiger partial charge < -0.3 is 6.16 Å². The predicted molar refractivity (Wildman–Crippen MR) is 117 cm³/mol. The van der Waals surface area contributed by atoms with Crippen molar-refractivity contribution < 1.29 is 48.7 Å². The summed E-state index contributed by atoms with van der Waals surface area (Å²) in [6.45, 7) is 2.22. The van der Waals surface area contributed by atoms with E-state index in [4.69, 9.17) is 17.0 Å². The van der Waals surface area contributed by atoms with Crippen molar-refractivity contribution in [1.82, 2.24) is 0 Å². The summed E-state index contributed by atoms with van der Waals surface area (Å²) >= 11 is 5.50. The van der Waals surface area contributed by atoms with Gasteiger partial charge in [0, 0.05) is 11.3 Å². The Morgan fingerprint density at radius 1 is 1.14 bits per heavy atom. The number of methoxy groups -OCH3 is 1. The SMILES string of the molecule is CCCCCCCCc1ssc(=S)c1Cc1ccc(OC)c(S(=O)(=O)O)c1.[H-].[Na+]. The molecule has 0 aliphatic carbocycles. The number of rotatable bonds is 11. The van der Waals surface area contributed by atoms with Crippen LogP contribution in [-0.4, -0.2) is 20.1 Å². The fraction of sp³-hybridized carbons (Fsp3) is 0.526. The average Bonchev–Trinajstić information content (AvgIpc) is 2.97. The largest absolute Gasteiger partial charge is 1.00 e. The first-order chi connectivity index (χ1) is 12.9. The average molecular weight is 471 g/mol. The molecule has 0 fully saturated rings. The van der Waals surface area contributed by atoms with Gasteiger partial charge in [0.05, 0.1) is 7.11 Å². The van der Waals surface area contributed by atoms with E-state index >= 15 is 0 Å². The Balaban J connectivity index is 0.00000392. The molecule has 0 aliphatic heterocycles. The van der Waals surface area contributed by atoms with Gasteiger partial charge in [-0.1, -0.05) is 78.0 Å². The van der Waals surface area contributed by atoms with Crippen molar-refractivity contribution in [3.8, 4) is 5.75 Å². The molecule has 0 atom stereocenters. The first-order valence-corrected chi connectivity index (χ1v) is 13.1. The first kappa shape index (κ1) is 26.2. The summed E-state index contributed by atoms with van der Waals surface area (Å²) in [6.07, 6.45) is 9.08. The van der Waals surface area contributed by atoms with Crippen LogP contribution in [0.3, 0.4) is 0 Å². The maximum Gasteiger partial charge on any atom is 1.00 e. The fourth-order valence-corrected chi connectivity index (χ4v) is 6.66. The molecule has 1 aromatic carbocycles. The van der Waals surface area contributed by atoms with Gasteiger partial charge >= 0.3 is 29.6 Å². The zero-order valence-corrected chi connectivity index (χ0v) is 22.0. The Bertz CT molecular complexity index is 909. The maximum absolute atomic E-state index is 11.6. The monoisotopic (exact) mass is 470 g/mol. The minimum Gasteiger partial charge on any atom is -1.00 e. The van der Waals surface area contributed by atoms with Crippen molar-refractivity contribution in [2.45, 2.75) is 63.2 Å². The molecule has 0 aliphatic rings. The molecular weight excluding hydrogens is 443 g/mol. The molecule has 2 aromatic rings. The van der Waals surface area contributed by atoms with Crippen LogP contribution in [0, 0.1) is 3.82 Å². The molecule has 0 spiro atoms. The smallest absolute Gasteiger partial charge is 1.00 e. The van der Waals surface area contributed by atoms with Gasteiger partial charge in [-0.2, -0.15) is 8.42 Å². The van der Waals surface area contributed by atoms with Gasteiger partial charge in [0.25, 0.3) is 10.1 Å². The summed E-state index contributed by atoms with van der Waals surface area (Å²) in [5.74, 6) is 0.139. The maximum atomic E-state index is 11.6. The van der Waals surface area contributed by atoms with E-state index < -0.39 is 10.1 Å². The molecule has 0 saturated carbocycles. The van der Waals surface area contributed by atoms with Gasteiger partial charge in [-0.05, 0) is 36.1 Å². The third-order valence-corrected chi connectivity index (χ3v) is 8.62. The Hall–Kier alpha value is 0.200. The summed E-state index contributed by atoms with van der Waals surface area (Å²) in [5, 5.41) is 0. The predicted octanol–water partition coefficient (Wildman–Crippen LogP) is 3.40. The number of hydrogen-bond donors (Lipinski definition) is 1. The second-order valence-corrected chi connectivity index (χ2v) is 10.8. The van der Waals surface area contributed by atoms with Crippen LogP contribution >= 0.6 is 32.9 Å². The van der Waals surface area contributed by atoms with E-state index in [0.717, 1.165) is 27.8 Å². The minimum absolute atomic E-state index is 0. The normalized spacial score (nSPS) is 11.2. The third kappa shape index (κ3) is 7.80. The summed E-state index contributed by atoms with van der Waals surface area (Å²) in [6, 6.07) is 4.86. The van der Waals surface area contributed by atoms with E-state index in [1.807, 2.05) is 6.07 Å². The van der Waals surface area contributed by atoms with E-state index in [1.54, 1.807) is 26.7 Å². The fourth-order valence-electron chi connectivity index (χ4n) is 2.97. The zero-order valence-electron chi connectivity index (χ0n) is 17.7. The molecule has 0 bridgehead atoms. The van der Waals surface area contributed by atoms with E-state index in [0.29, 0.717) is 6.42 Å². The molecule has 2 rings (SSSR count). The summed E-state index contributed by atoms with van der Waals surface area (Å²) in [4.78, 5) is 1.09. The van der Waals surface area contributed by atoms with E-state index in [1.165, 1.54) is 50.2 Å². The number of aryl methyl sites for hydroxylation is 1. The van der Waals surface area contributed by atoms with E-state index in [9.17, 15) is 13.0 Å². The molecule has 1 N–H and O–H groups in total. The topological polar surface area (TPSA) is 63.6 Å². The summed E-state index contributed by atoms with van der Waals surface area (Å²) in [5.41, 5.74) is 1.91. The zero-order chi connectivity index (χ0) is 19.9. The summed E-state index contributed by atoms with van der Waals surface area (Å²) < 4.78 is 38.6. The van der Waals surface area contributed by atoms with Gasteiger partial charge in [-0.15, -0.1) is 0 Å². The van der Waals surface area contributed by atoms with Crippen LogP contribution in [0.4, 0.5) is 0 Å². The molecule has 0 radical (unpaired) electrons. The van der Waals surface area contributed by atoms with Gasteiger partial charge in [-0.3, -0.25) is 4.55 Å². The molecule has 152 valence electrons. The molecule has 0 amide bonds. The molecule has 9 heteroatoms. The van der Waals surface area contributed by atoms with Gasteiger partial charge in [-0.25, -0.2) is 0 Å². The van der Waals surface area contributed by atoms with Crippen LogP contribution in [-0.2, 0) is 23.0 Å². The molecular formula is C19H27NaO4S4. The first-order valence-electron chi connectivity index (χ1n) is 9.12.